The molecule has 1 aromatic heterocycles. The first kappa shape index (κ1) is 15.0. The number of hydrogen-bond acceptors (Lipinski definition) is 3. The molecule has 18 heavy (non-hydrogen) atoms. The number of guanidine groups is 1. The third kappa shape index (κ3) is 5.51. The van der Waals surface area contributed by atoms with E-state index in [1.165, 1.54) is 9.75 Å². The summed E-state index contributed by atoms with van der Waals surface area (Å²) in [6.07, 6.45) is 3.23. The molecule has 1 atom stereocenters. The van der Waals surface area contributed by atoms with Gasteiger partial charge in [-0.1, -0.05) is 13.3 Å². The normalized spacial score (nSPS) is 13.4. The Hall–Kier alpha value is -1.07. The molecular weight excluding hydrogens is 244 g/mol. The molecule has 0 fully saturated rings. The minimum atomic E-state index is 0.319. The maximum Gasteiger partial charge on any atom is 0.205 e. The number of aliphatic imine (C=N–C) groups is 1. The highest BCUT2D eigenvalue weighted by Crippen LogP contribution is 2.16. The second-order valence-electron chi connectivity index (χ2n) is 4.49. The highest BCUT2D eigenvalue weighted by atomic mass is 32.1. The molecule has 4 nitrogen and oxygen atoms in total. The Labute approximate surface area is 114 Å². The third-order valence-corrected chi connectivity index (χ3v) is 3.63. The van der Waals surface area contributed by atoms with Gasteiger partial charge in [-0.15, -0.1) is 11.3 Å². The van der Waals surface area contributed by atoms with Gasteiger partial charge in [0, 0.05) is 28.8 Å². The second kappa shape index (κ2) is 8.11. The number of nitrogens with zero attached hydrogens (tertiary/aromatic N) is 1. The SMILES string of the molecule is CCCCN=C(NN)NC(C)Cc1ccc(C)s1. The van der Waals surface area contributed by atoms with Crippen LogP contribution in [0.1, 0.15) is 36.4 Å². The van der Waals surface area contributed by atoms with Crippen LogP contribution in [-0.4, -0.2) is 18.5 Å². The van der Waals surface area contributed by atoms with Crippen molar-refractivity contribution >= 4 is 17.3 Å². The van der Waals surface area contributed by atoms with E-state index in [2.05, 4.69) is 48.6 Å². The molecule has 4 N–H and O–H groups in total. The van der Waals surface area contributed by atoms with Crippen molar-refractivity contribution in [2.24, 2.45) is 10.8 Å². The molecule has 0 saturated carbocycles. The number of nitrogens with two attached hydrogens (primary N) is 1. The first-order valence-electron chi connectivity index (χ1n) is 6.48. The van der Waals surface area contributed by atoms with Gasteiger partial charge in [0.2, 0.25) is 5.96 Å². The molecular formula is C13H24N4S. The van der Waals surface area contributed by atoms with Crippen LogP contribution in [0.4, 0.5) is 0 Å². The van der Waals surface area contributed by atoms with Crippen molar-refractivity contribution in [3.63, 3.8) is 0 Å². The van der Waals surface area contributed by atoms with Gasteiger partial charge in [-0.2, -0.15) is 0 Å². The molecule has 0 bridgehead atoms. The van der Waals surface area contributed by atoms with E-state index in [0.717, 1.165) is 25.8 Å². The van der Waals surface area contributed by atoms with Crippen molar-refractivity contribution in [2.45, 2.75) is 46.1 Å². The van der Waals surface area contributed by atoms with E-state index in [0.29, 0.717) is 12.0 Å². The summed E-state index contributed by atoms with van der Waals surface area (Å²) in [4.78, 5) is 7.13. The lowest BCUT2D eigenvalue weighted by molar-refractivity contribution is 0.644. The van der Waals surface area contributed by atoms with Gasteiger partial charge in [0.15, 0.2) is 0 Å². The highest BCUT2D eigenvalue weighted by Gasteiger charge is 2.07. The molecule has 0 radical (unpaired) electrons. The van der Waals surface area contributed by atoms with Crippen LogP contribution in [0.5, 0.6) is 0 Å². The molecule has 102 valence electrons. The van der Waals surface area contributed by atoms with Crippen LogP contribution < -0.4 is 16.6 Å². The number of aryl methyl sites for hydroxylation is 1. The quantitative estimate of drug-likeness (QED) is 0.244. The van der Waals surface area contributed by atoms with Crippen molar-refractivity contribution < 1.29 is 0 Å². The van der Waals surface area contributed by atoms with Gasteiger partial charge in [0.05, 0.1) is 0 Å². The van der Waals surface area contributed by atoms with Gasteiger partial charge >= 0.3 is 0 Å². The molecule has 0 amide bonds. The summed E-state index contributed by atoms with van der Waals surface area (Å²) in [5.41, 5.74) is 2.63. The summed E-state index contributed by atoms with van der Waals surface area (Å²) in [5.74, 6) is 6.14. The topological polar surface area (TPSA) is 62.4 Å². The van der Waals surface area contributed by atoms with Crippen LogP contribution in [0.25, 0.3) is 0 Å². The molecule has 1 aromatic rings. The van der Waals surface area contributed by atoms with Crippen LogP contribution in [0.3, 0.4) is 0 Å². The van der Waals surface area contributed by atoms with Crippen LogP contribution in [0.2, 0.25) is 0 Å². The number of rotatable bonds is 6. The van der Waals surface area contributed by atoms with Gasteiger partial charge in [0.1, 0.15) is 0 Å². The van der Waals surface area contributed by atoms with Crippen LogP contribution in [0, 0.1) is 6.92 Å². The molecule has 1 heterocycles. The lowest BCUT2D eigenvalue weighted by Gasteiger charge is -2.15. The Kier molecular flexibility index (Phi) is 6.75. The van der Waals surface area contributed by atoms with Crippen molar-refractivity contribution in [1.82, 2.24) is 10.7 Å². The largest absolute Gasteiger partial charge is 0.353 e. The fourth-order valence-electron chi connectivity index (χ4n) is 1.66. The van der Waals surface area contributed by atoms with Gasteiger partial charge < -0.3 is 5.32 Å². The van der Waals surface area contributed by atoms with E-state index < -0.39 is 0 Å². The minimum absolute atomic E-state index is 0.319. The summed E-state index contributed by atoms with van der Waals surface area (Å²) in [6, 6.07) is 4.66. The van der Waals surface area contributed by atoms with E-state index in [9.17, 15) is 0 Å². The highest BCUT2D eigenvalue weighted by molar-refractivity contribution is 7.11. The molecule has 0 aromatic carbocycles. The standard InChI is InChI=1S/C13H24N4S/c1-4-5-8-15-13(17-14)16-10(2)9-12-7-6-11(3)18-12/h6-7,10H,4-5,8-9,14H2,1-3H3,(H2,15,16,17). The molecule has 5 heteroatoms. The van der Waals surface area contributed by atoms with Gasteiger partial charge in [-0.3, -0.25) is 10.4 Å². The van der Waals surface area contributed by atoms with Gasteiger partial charge in [-0.25, -0.2) is 5.84 Å². The van der Waals surface area contributed by atoms with Crippen molar-refractivity contribution in [3.05, 3.63) is 21.9 Å². The van der Waals surface area contributed by atoms with Crippen LogP contribution >= 0.6 is 11.3 Å². The van der Waals surface area contributed by atoms with E-state index in [1.807, 2.05) is 11.3 Å². The average Bonchev–Trinajstić information content (AvgIpc) is 2.73. The Bertz CT molecular complexity index is 373. The number of nitrogens with one attached hydrogen (secondary N) is 2. The Morgan fingerprint density at radius 2 is 2.28 bits per heavy atom. The molecule has 1 unspecified atom stereocenters. The predicted octanol–water partition coefficient (Wildman–Crippen LogP) is 2.20. The van der Waals surface area contributed by atoms with Crippen LogP contribution in [0.15, 0.2) is 17.1 Å². The van der Waals surface area contributed by atoms with E-state index in [-0.39, 0.29) is 0 Å². The van der Waals surface area contributed by atoms with E-state index in [1.54, 1.807) is 0 Å². The zero-order chi connectivity index (χ0) is 13.4. The van der Waals surface area contributed by atoms with E-state index >= 15 is 0 Å². The molecule has 0 saturated heterocycles. The summed E-state index contributed by atoms with van der Waals surface area (Å²) < 4.78 is 0. The van der Waals surface area contributed by atoms with Gasteiger partial charge in [0.25, 0.3) is 0 Å². The summed E-state index contributed by atoms with van der Waals surface area (Å²) >= 11 is 1.84. The van der Waals surface area contributed by atoms with Crippen LogP contribution in [-0.2, 0) is 6.42 Å². The Balaban J connectivity index is 2.41. The number of hydrazine groups is 1. The molecule has 0 aliphatic heterocycles. The maximum atomic E-state index is 5.46. The summed E-state index contributed by atoms with van der Waals surface area (Å²) in [7, 11) is 0. The molecule has 0 aliphatic rings. The predicted molar refractivity (Wildman–Crippen MR) is 79.9 cm³/mol. The number of unbranched alkanes of at least 4 members (excludes halogenated alkanes) is 1. The zero-order valence-electron chi connectivity index (χ0n) is 11.5. The summed E-state index contributed by atoms with van der Waals surface area (Å²) in [6.45, 7) is 7.24. The number of thiophene rings is 1. The fraction of sp³-hybridized carbons (Fsp3) is 0.615. The second-order valence-corrected chi connectivity index (χ2v) is 5.86. The lowest BCUT2D eigenvalue weighted by Crippen LogP contribution is -2.46. The lowest BCUT2D eigenvalue weighted by atomic mass is 10.2. The third-order valence-electron chi connectivity index (χ3n) is 2.60. The molecule has 0 aliphatic carbocycles. The zero-order valence-corrected chi connectivity index (χ0v) is 12.3. The van der Waals surface area contributed by atoms with Crippen molar-refractivity contribution in [3.8, 4) is 0 Å². The average molecular weight is 268 g/mol. The molecule has 0 spiro atoms. The smallest absolute Gasteiger partial charge is 0.205 e. The number of hydrogen-bond donors (Lipinski definition) is 3. The van der Waals surface area contributed by atoms with Gasteiger partial charge in [-0.05, 0) is 32.4 Å². The van der Waals surface area contributed by atoms with Crippen molar-refractivity contribution in [2.75, 3.05) is 6.54 Å². The maximum absolute atomic E-state index is 5.46. The summed E-state index contributed by atoms with van der Waals surface area (Å²) in [5, 5.41) is 3.30. The Morgan fingerprint density at radius 1 is 1.50 bits per heavy atom. The first-order chi connectivity index (χ1) is 8.65. The van der Waals surface area contributed by atoms with E-state index in [4.69, 9.17) is 5.84 Å². The van der Waals surface area contributed by atoms with Crippen molar-refractivity contribution in [1.29, 1.82) is 0 Å². The minimum Gasteiger partial charge on any atom is -0.353 e. The fourth-order valence-corrected chi connectivity index (χ4v) is 2.68. The Morgan fingerprint density at radius 3 is 2.83 bits per heavy atom. The first-order valence-corrected chi connectivity index (χ1v) is 7.30. The molecule has 1 rings (SSSR count). The monoisotopic (exact) mass is 268 g/mol.